The Morgan fingerprint density at radius 2 is 2.06 bits per heavy atom. The molecule has 2 aliphatic rings. The Morgan fingerprint density at radius 3 is 2.77 bits per heavy atom. The summed E-state index contributed by atoms with van der Waals surface area (Å²) in [6.07, 6.45) is 15.8. The monoisotopic (exact) mass is 487 g/mol. The second-order valence-electron chi connectivity index (χ2n) is 9.83. The van der Waals surface area contributed by atoms with E-state index in [0.29, 0.717) is 23.4 Å². The first kappa shape index (κ1) is 25.4. The molecule has 2 aromatic rings. The van der Waals surface area contributed by atoms with Crippen molar-refractivity contribution in [2.24, 2.45) is 0 Å². The fourth-order valence-corrected chi connectivity index (χ4v) is 6.26. The van der Waals surface area contributed by atoms with Gasteiger partial charge in [0.2, 0.25) is 0 Å². The minimum atomic E-state index is -0.0205. The molecule has 184 valence electrons. The van der Waals surface area contributed by atoms with Crippen LogP contribution < -0.4 is 5.32 Å². The lowest BCUT2D eigenvalue weighted by Gasteiger charge is -2.27. The first-order valence-corrected chi connectivity index (χ1v) is 13.8. The third-order valence-electron chi connectivity index (χ3n) is 6.97. The predicted octanol–water partition coefficient (Wildman–Crippen LogP) is 7.90. The molecule has 1 saturated carbocycles. The van der Waals surface area contributed by atoms with Gasteiger partial charge in [0, 0.05) is 18.3 Å². The third-order valence-corrected chi connectivity index (χ3v) is 8.08. The van der Waals surface area contributed by atoms with Crippen LogP contribution in [0.5, 0.6) is 0 Å². The molecule has 1 aromatic carbocycles. The standard InChI is InChI=1S/C30H37N3OS/c1-5-22(14-17-28(21(4)18-31)34-20(2)3)30-32-19-29(35-30)26-13-9-12-25-24(26)15-16-27(25)33-23-10-7-6-8-11-23/h9,12-14,17,19-20,23,27,33H,4-8,10-11,15-16H2,1-3H3/b22-14+,28-17+. The highest BCUT2D eigenvalue weighted by Crippen LogP contribution is 2.41. The number of fused-ring (bicyclic) bond motifs is 1. The molecule has 0 radical (unpaired) electrons. The summed E-state index contributed by atoms with van der Waals surface area (Å²) in [5.74, 6) is 0.516. The number of hydrogen-bond donors (Lipinski definition) is 1. The zero-order valence-electron chi connectivity index (χ0n) is 21.3. The van der Waals surface area contributed by atoms with E-state index in [9.17, 15) is 5.26 Å². The van der Waals surface area contributed by atoms with Gasteiger partial charge in [-0.3, -0.25) is 0 Å². The van der Waals surface area contributed by atoms with Crippen LogP contribution in [-0.4, -0.2) is 17.1 Å². The number of ether oxygens (including phenoxy) is 1. The van der Waals surface area contributed by atoms with Gasteiger partial charge in [-0.25, -0.2) is 4.98 Å². The summed E-state index contributed by atoms with van der Waals surface area (Å²) in [6.45, 7) is 9.85. The molecular weight excluding hydrogens is 450 g/mol. The quantitative estimate of drug-likeness (QED) is 0.222. The smallest absolute Gasteiger partial charge is 0.136 e. The van der Waals surface area contributed by atoms with Crippen molar-refractivity contribution in [1.82, 2.24) is 10.3 Å². The minimum absolute atomic E-state index is 0.0205. The summed E-state index contributed by atoms with van der Waals surface area (Å²) in [6, 6.07) is 10.0. The summed E-state index contributed by atoms with van der Waals surface area (Å²) in [7, 11) is 0. The number of thiazole rings is 1. The van der Waals surface area contributed by atoms with Crippen LogP contribution in [0.25, 0.3) is 16.0 Å². The minimum Gasteiger partial charge on any atom is -0.490 e. The largest absolute Gasteiger partial charge is 0.490 e. The van der Waals surface area contributed by atoms with Crippen molar-refractivity contribution in [2.75, 3.05) is 0 Å². The van der Waals surface area contributed by atoms with E-state index in [-0.39, 0.29) is 6.10 Å². The van der Waals surface area contributed by atoms with Gasteiger partial charge in [0.15, 0.2) is 0 Å². The molecule has 0 bridgehead atoms. The van der Waals surface area contributed by atoms with Crippen LogP contribution in [0.15, 0.2) is 54.5 Å². The number of nitrogens with one attached hydrogen (secondary N) is 1. The summed E-state index contributed by atoms with van der Waals surface area (Å²) in [5, 5.41) is 14.3. The van der Waals surface area contributed by atoms with E-state index in [0.717, 1.165) is 23.4 Å². The first-order chi connectivity index (χ1) is 17.0. The van der Waals surface area contributed by atoms with Crippen LogP contribution in [0.1, 0.15) is 87.9 Å². The highest BCUT2D eigenvalue weighted by Gasteiger charge is 2.28. The molecule has 0 amide bonds. The molecule has 1 heterocycles. The Morgan fingerprint density at radius 1 is 1.26 bits per heavy atom. The molecule has 2 aliphatic carbocycles. The topological polar surface area (TPSA) is 57.9 Å². The molecule has 5 heteroatoms. The van der Waals surface area contributed by atoms with Gasteiger partial charge in [-0.05, 0) is 74.3 Å². The lowest BCUT2D eigenvalue weighted by atomic mass is 9.94. The molecular formula is C30H37N3OS. The average Bonchev–Trinajstić information content (AvgIpc) is 3.51. The second-order valence-corrected chi connectivity index (χ2v) is 10.9. The normalized spacial score (nSPS) is 19.0. The molecule has 4 rings (SSSR count). The third kappa shape index (κ3) is 6.12. The van der Waals surface area contributed by atoms with E-state index in [1.54, 1.807) is 11.3 Å². The summed E-state index contributed by atoms with van der Waals surface area (Å²) in [4.78, 5) is 6.00. The van der Waals surface area contributed by atoms with Gasteiger partial charge in [0.25, 0.3) is 0 Å². The average molecular weight is 488 g/mol. The molecule has 1 fully saturated rings. The van der Waals surface area contributed by atoms with E-state index in [4.69, 9.17) is 9.72 Å². The second kappa shape index (κ2) is 11.8. The van der Waals surface area contributed by atoms with Crippen LogP contribution in [0.2, 0.25) is 0 Å². The molecule has 0 aliphatic heterocycles. The van der Waals surface area contributed by atoms with Gasteiger partial charge in [-0.1, -0.05) is 57.0 Å². The van der Waals surface area contributed by atoms with Crippen molar-refractivity contribution < 1.29 is 4.74 Å². The van der Waals surface area contributed by atoms with E-state index in [1.807, 2.05) is 32.2 Å². The number of rotatable bonds is 9. The van der Waals surface area contributed by atoms with Crippen molar-refractivity contribution in [1.29, 1.82) is 5.26 Å². The van der Waals surface area contributed by atoms with Gasteiger partial charge in [-0.2, -0.15) is 5.26 Å². The van der Waals surface area contributed by atoms with Gasteiger partial charge < -0.3 is 10.1 Å². The summed E-state index contributed by atoms with van der Waals surface area (Å²) < 4.78 is 5.79. The van der Waals surface area contributed by atoms with Gasteiger partial charge in [0.05, 0.1) is 16.6 Å². The van der Waals surface area contributed by atoms with E-state index in [2.05, 4.69) is 43.1 Å². The van der Waals surface area contributed by atoms with Gasteiger partial charge >= 0.3 is 0 Å². The summed E-state index contributed by atoms with van der Waals surface area (Å²) in [5.41, 5.74) is 5.74. The Balaban J connectivity index is 1.56. The molecule has 1 unspecified atom stereocenters. The Labute approximate surface area is 214 Å². The number of allylic oxidation sites excluding steroid dienone is 4. The fourth-order valence-electron chi connectivity index (χ4n) is 5.20. The molecule has 0 spiro atoms. The van der Waals surface area contributed by atoms with Crippen LogP contribution >= 0.6 is 11.3 Å². The maximum Gasteiger partial charge on any atom is 0.136 e. The van der Waals surface area contributed by atoms with E-state index in [1.165, 1.54) is 60.1 Å². The Hall–Kier alpha value is -2.68. The van der Waals surface area contributed by atoms with Crippen molar-refractivity contribution in [3.05, 3.63) is 70.6 Å². The highest BCUT2D eigenvalue weighted by molar-refractivity contribution is 7.16. The molecule has 0 saturated heterocycles. The first-order valence-electron chi connectivity index (χ1n) is 13.0. The molecule has 1 aromatic heterocycles. The number of hydrogen-bond acceptors (Lipinski definition) is 5. The van der Waals surface area contributed by atoms with Crippen LogP contribution in [0.4, 0.5) is 0 Å². The SMILES string of the molecule is C=C(C#N)/C(=C\C=C(/CC)c1ncc(-c2cccc3c2CCC3NC2CCCCC2)s1)OC(C)C. The molecule has 4 nitrogen and oxygen atoms in total. The summed E-state index contributed by atoms with van der Waals surface area (Å²) >= 11 is 1.74. The van der Waals surface area contributed by atoms with Crippen molar-refractivity contribution in [3.63, 3.8) is 0 Å². The van der Waals surface area contributed by atoms with E-state index < -0.39 is 0 Å². The van der Waals surface area contributed by atoms with Crippen molar-refractivity contribution >= 4 is 16.9 Å². The van der Waals surface area contributed by atoms with Crippen molar-refractivity contribution in [3.8, 4) is 16.5 Å². The van der Waals surface area contributed by atoms with Crippen molar-refractivity contribution in [2.45, 2.75) is 90.3 Å². The molecule has 1 atom stereocenters. The number of aromatic nitrogens is 1. The Kier molecular flexibility index (Phi) is 8.59. The predicted molar refractivity (Wildman–Crippen MR) is 146 cm³/mol. The van der Waals surface area contributed by atoms with Gasteiger partial charge in [0.1, 0.15) is 16.8 Å². The molecule has 1 N–H and O–H groups in total. The zero-order chi connectivity index (χ0) is 24.8. The van der Waals surface area contributed by atoms with Crippen LogP contribution in [0.3, 0.4) is 0 Å². The maximum absolute atomic E-state index is 9.27. The fraction of sp³-hybridized carbons (Fsp3) is 0.467. The number of benzene rings is 1. The van der Waals surface area contributed by atoms with Crippen LogP contribution in [-0.2, 0) is 11.2 Å². The lowest BCUT2D eigenvalue weighted by molar-refractivity contribution is 0.156. The Bertz CT molecular complexity index is 1140. The highest BCUT2D eigenvalue weighted by atomic mass is 32.1. The maximum atomic E-state index is 9.27. The number of nitriles is 1. The molecule has 35 heavy (non-hydrogen) atoms. The zero-order valence-corrected chi connectivity index (χ0v) is 22.1. The number of nitrogens with zero attached hydrogens (tertiary/aromatic N) is 2. The van der Waals surface area contributed by atoms with E-state index >= 15 is 0 Å². The van der Waals surface area contributed by atoms with Crippen LogP contribution in [0, 0.1) is 11.3 Å². The van der Waals surface area contributed by atoms with Gasteiger partial charge in [-0.15, -0.1) is 11.3 Å². The lowest BCUT2D eigenvalue weighted by Crippen LogP contribution is -2.33.